The summed E-state index contributed by atoms with van der Waals surface area (Å²) in [5.41, 5.74) is 0. The molecule has 0 aliphatic carbocycles. The van der Waals surface area contributed by atoms with Crippen molar-refractivity contribution in [1.82, 2.24) is 5.32 Å². The Morgan fingerprint density at radius 3 is 1.31 bits per heavy atom. The van der Waals surface area contributed by atoms with Gasteiger partial charge in [-0.25, -0.2) is 0 Å². The van der Waals surface area contributed by atoms with Crippen LogP contribution in [-0.2, 0) is 18.4 Å². The third-order valence-corrected chi connectivity index (χ3v) is 12.8. The van der Waals surface area contributed by atoms with E-state index in [1.54, 1.807) is 6.08 Å². The summed E-state index contributed by atoms with van der Waals surface area (Å²) < 4.78 is 23.3. The molecule has 406 valence electrons. The maximum atomic E-state index is 12.9. The lowest BCUT2D eigenvalue weighted by atomic mass is 10.0. The number of rotatable bonds is 50. The van der Waals surface area contributed by atoms with Crippen molar-refractivity contribution in [3.8, 4) is 0 Å². The number of likely N-dealkylation sites (N-methyl/N-ethyl adjacent to an activating group) is 1. The zero-order valence-electron chi connectivity index (χ0n) is 46.1. The largest absolute Gasteiger partial charge is 0.756 e. The van der Waals surface area contributed by atoms with Gasteiger partial charge in [-0.2, -0.15) is 0 Å². The van der Waals surface area contributed by atoms with Gasteiger partial charge < -0.3 is 28.8 Å². The van der Waals surface area contributed by atoms with Crippen LogP contribution in [0.3, 0.4) is 0 Å². The molecule has 0 spiro atoms. The fourth-order valence-electron chi connectivity index (χ4n) is 7.46. The Morgan fingerprint density at radius 1 is 0.507 bits per heavy atom. The van der Waals surface area contributed by atoms with E-state index in [4.69, 9.17) is 9.05 Å². The minimum Gasteiger partial charge on any atom is -0.756 e. The van der Waals surface area contributed by atoms with Gasteiger partial charge in [0, 0.05) is 6.42 Å². The van der Waals surface area contributed by atoms with Crippen molar-refractivity contribution in [2.24, 2.45) is 0 Å². The molecule has 3 atom stereocenters. The molecule has 9 heteroatoms. The van der Waals surface area contributed by atoms with Crippen molar-refractivity contribution in [3.05, 3.63) is 122 Å². The van der Waals surface area contributed by atoms with Crippen LogP contribution in [0.4, 0.5) is 0 Å². The Morgan fingerprint density at radius 2 is 0.873 bits per heavy atom. The average molecular weight is 1010 g/mol. The van der Waals surface area contributed by atoms with Crippen molar-refractivity contribution in [2.75, 3.05) is 40.9 Å². The predicted molar refractivity (Wildman–Crippen MR) is 306 cm³/mol. The number of phosphoric acid groups is 1. The molecule has 0 saturated carbocycles. The monoisotopic (exact) mass is 1010 g/mol. The molecule has 0 heterocycles. The number of aliphatic hydroxyl groups excluding tert-OH is 1. The number of unbranched alkanes of at least 4 members (excludes halogenated alkanes) is 19. The van der Waals surface area contributed by atoms with Crippen LogP contribution in [0.25, 0.3) is 0 Å². The number of aliphatic hydroxyl groups is 1. The Hall–Kier alpha value is -3.10. The molecule has 0 aromatic heterocycles. The number of phosphoric ester groups is 1. The first-order valence-electron chi connectivity index (χ1n) is 28.4. The number of quaternary nitrogens is 1. The minimum atomic E-state index is -4.61. The summed E-state index contributed by atoms with van der Waals surface area (Å²) in [7, 11) is 1.22. The third-order valence-electron chi connectivity index (χ3n) is 11.9. The van der Waals surface area contributed by atoms with E-state index < -0.39 is 26.6 Å². The number of amides is 1. The van der Waals surface area contributed by atoms with Crippen LogP contribution in [-0.4, -0.2) is 68.5 Å². The number of carbonyl (C=O) groups is 1. The highest BCUT2D eigenvalue weighted by atomic mass is 31.2. The van der Waals surface area contributed by atoms with Gasteiger partial charge in [-0.15, -0.1) is 0 Å². The highest BCUT2D eigenvalue weighted by Crippen LogP contribution is 2.38. The number of hydrogen-bond donors (Lipinski definition) is 2. The molecule has 3 unspecified atom stereocenters. The summed E-state index contributed by atoms with van der Waals surface area (Å²) in [5.74, 6) is -0.219. The first kappa shape index (κ1) is 67.9. The first-order valence-corrected chi connectivity index (χ1v) is 29.9. The highest BCUT2D eigenvalue weighted by molar-refractivity contribution is 7.45. The standard InChI is InChI=1S/C62H107N2O6P/c1-6-8-10-12-14-16-18-20-22-23-24-25-26-27-28-29-30-31-32-33-34-35-36-37-38-39-40-41-42-44-46-48-50-52-54-56-62(66)63-60(59-70-71(67,68)69-58-57-64(3,4)5)61(65)55-53-51-49-47-45-43-21-19-17-15-13-11-9-7-2/h8,10,14,16-17,19-20,22,24-25,27-28,30-31,33-34,45,47,53,55,60-61,65H,6-7,9,11-13,15,18,21,23,26,29,32,35-44,46,48-52,54,56-59H2,1-5H3,(H-,63,66,67,68)/b10-8-,16-14-,19-17+,22-20-,25-24-,28-27-,31-30-,34-33-,47-45+,55-53+. The van der Waals surface area contributed by atoms with Crippen molar-refractivity contribution in [1.29, 1.82) is 0 Å². The van der Waals surface area contributed by atoms with Crippen molar-refractivity contribution < 1.29 is 32.9 Å². The van der Waals surface area contributed by atoms with Crippen LogP contribution in [0.2, 0.25) is 0 Å². The summed E-state index contributed by atoms with van der Waals surface area (Å²) in [5, 5.41) is 13.8. The molecule has 0 bridgehead atoms. The van der Waals surface area contributed by atoms with Gasteiger partial charge in [-0.3, -0.25) is 9.36 Å². The maximum absolute atomic E-state index is 12.9. The SMILES string of the molecule is CC/C=C\C/C=C\C/C=C\C/C=C\C/C=C\C/C=C\C/C=C\CCCCCCCCCCCCCCCC(=O)NC(COP(=O)([O-])OCC[N+](C)(C)C)C(O)/C=C/CC/C=C/CC/C=C/CCCCCC. The summed E-state index contributed by atoms with van der Waals surface area (Å²) in [6.07, 6.45) is 77.1. The number of allylic oxidation sites excluding steroid dienone is 19. The molecule has 0 radical (unpaired) electrons. The summed E-state index contributed by atoms with van der Waals surface area (Å²) in [6.45, 7) is 4.46. The Kier molecular flexibility index (Phi) is 49.5. The second-order valence-corrected chi connectivity index (χ2v) is 21.3. The van der Waals surface area contributed by atoms with E-state index in [2.05, 4.69) is 129 Å². The van der Waals surface area contributed by atoms with Crippen LogP contribution >= 0.6 is 7.82 Å². The lowest BCUT2D eigenvalue weighted by molar-refractivity contribution is -0.870. The van der Waals surface area contributed by atoms with E-state index in [0.29, 0.717) is 17.4 Å². The Labute approximate surface area is 437 Å². The lowest BCUT2D eigenvalue weighted by Gasteiger charge is -2.29. The normalized spacial score (nSPS) is 14.9. The van der Waals surface area contributed by atoms with Crippen LogP contribution in [0, 0.1) is 0 Å². The van der Waals surface area contributed by atoms with Crippen LogP contribution in [0.5, 0.6) is 0 Å². The average Bonchev–Trinajstić information content (AvgIpc) is 3.33. The molecule has 0 fully saturated rings. The number of nitrogens with zero attached hydrogens (tertiary/aromatic N) is 1. The molecular weight excluding hydrogens is 900 g/mol. The zero-order chi connectivity index (χ0) is 52.0. The number of nitrogens with one attached hydrogen (secondary N) is 1. The quantitative estimate of drug-likeness (QED) is 0.0272. The predicted octanol–water partition coefficient (Wildman–Crippen LogP) is 16.7. The van der Waals surface area contributed by atoms with Crippen LogP contribution in [0.15, 0.2) is 122 Å². The third kappa shape index (κ3) is 54.5. The van der Waals surface area contributed by atoms with E-state index in [0.717, 1.165) is 96.3 Å². The maximum Gasteiger partial charge on any atom is 0.268 e. The highest BCUT2D eigenvalue weighted by Gasteiger charge is 2.23. The summed E-state index contributed by atoms with van der Waals surface area (Å²) >= 11 is 0. The molecule has 0 aliphatic rings. The van der Waals surface area contributed by atoms with E-state index in [1.165, 1.54) is 96.3 Å². The van der Waals surface area contributed by atoms with Crippen LogP contribution < -0.4 is 10.2 Å². The topological polar surface area (TPSA) is 108 Å². The molecule has 0 rings (SSSR count). The Bertz CT molecular complexity index is 1560. The van der Waals surface area contributed by atoms with E-state index in [1.807, 2.05) is 27.2 Å². The molecule has 2 N–H and O–H groups in total. The summed E-state index contributed by atoms with van der Waals surface area (Å²) in [4.78, 5) is 25.4. The van der Waals surface area contributed by atoms with Gasteiger partial charge in [0.2, 0.25) is 5.91 Å². The smallest absolute Gasteiger partial charge is 0.268 e. The minimum absolute atomic E-state index is 0.0145. The number of hydrogen-bond acceptors (Lipinski definition) is 6. The van der Waals surface area contributed by atoms with Gasteiger partial charge in [0.05, 0.1) is 39.9 Å². The molecule has 0 aromatic carbocycles. The van der Waals surface area contributed by atoms with E-state index in [9.17, 15) is 19.4 Å². The van der Waals surface area contributed by atoms with Gasteiger partial charge >= 0.3 is 0 Å². The van der Waals surface area contributed by atoms with Gasteiger partial charge in [-0.1, -0.05) is 225 Å². The van der Waals surface area contributed by atoms with Crippen molar-refractivity contribution >= 4 is 13.7 Å². The van der Waals surface area contributed by atoms with Crippen molar-refractivity contribution in [2.45, 2.75) is 225 Å². The van der Waals surface area contributed by atoms with Gasteiger partial charge in [0.1, 0.15) is 13.2 Å². The fourth-order valence-corrected chi connectivity index (χ4v) is 8.18. The number of carbonyl (C=O) groups excluding carboxylic acids is 1. The molecule has 8 nitrogen and oxygen atoms in total. The second-order valence-electron chi connectivity index (χ2n) is 19.9. The fraction of sp³-hybridized carbons (Fsp3) is 0.661. The molecule has 0 aliphatic heterocycles. The van der Waals surface area contributed by atoms with Crippen molar-refractivity contribution in [3.63, 3.8) is 0 Å². The van der Waals surface area contributed by atoms with Gasteiger partial charge in [0.25, 0.3) is 7.82 Å². The van der Waals surface area contributed by atoms with Gasteiger partial charge in [-0.05, 0) is 103 Å². The summed E-state index contributed by atoms with van der Waals surface area (Å²) in [6, 6.07) is -0.917. The van der Waals surface area contributed by atoms with E-state index >= 15 is 0 Å². The molecule has 0 aromatic rings. The van der Waals surface area contributed by atoms with Crippen LogP contribution in [0.1, 0.15) is 213 Å². The Balaban J connectivity index is 4.14. The first-order chi connectivity index (χ1) is 34.5. The molecule has 71 heavy (non-hydrogen) atoms. The lowest BCUT2D eigenvalue weighted by Crippen LogP contribution is -2.45. The molecule has 0 saturated heterocycles. The second kappa shape index (κ2) is 51.8. The molecular formula is C62H107N2O6P. The van der Waals surface area contributed by atoms with E-state index in [-0.39, 0.29) is 12.5 Å². The van der Waals surface area contributed by atoms with Gasteiger partial charge in [0.15, 0.2) is 0 Å². The zero-order valence-corrected chi connectivity index (χ0v) is 47.0. The molecule has 1 amide bonds.